The summed E-state index contributed by atoms with van der Waals surface area (Å²) >= 11 is 0. The Kier molecular flexibility index (Phi) is 5.56. The number of amides is 1. The summed E-state index contributed by atoms with van der Waals surface area (Å²) in [6.07, 6.45) is 2.94. The van der Waals surface area contributed by atoms with Gasteiger partial charge in [0.05, 0.1) is 4.90 Å². The van der Waals surface area contributed by atoms with Gasteiger partial charge in [0.15, 0.2) is 9.84 Å². The van der Waals surface area contributed by atoms with E-state index in [4.69, 9.17) is 5.73 Å². The first-order valence-electron chi connectivity index (χ1n) is 6.23. The van der Waals surface area contributed by atoms with E-state index in [1.165, 1.54) is 12.1 Å². The van der Waals surface area contributed by atoms with Crippen LogP contribution in [0.2, 0.25) is 0 Å². The average Bonchev–Trinajstić information content (AvgIpc) is 2.37. The Balaban J connectivity index is 0.00000200. The lowest BCUT2D eigenvalue weighted by atomic mass is 10.1. The molecule has 1 unspecified atom stereocenters. The van der Waals surface area contributed by atoms with Crippen molar-refractivity contribution in [2.45, 2.75) is 23.8 Å². The summed E-state index contributed by atoms with van der Waals surface area (Å²) in [4.78, 5) is 14.2. The lowest BCUT2D eigenvalue weighted by Crippen LogP contribution is -2.45. The fourth-order valence-corrected chi connectivity index (χ4v) is 2.90. The molecule has 20 heavy (non-hydrogen) atoms. The number of likely N-dealkylation sites (tertiary alicyclic amines) is 1. The highest BCUT2D eigenvalue weighted by molar-refractivity contribution is 7.90. The fourth-order valence-electron chi connectivity index (χ4n) is 2.24. The number of benzene rings is 1. The van der Waals surface area contributed by atoms with Gasteiger partial charge in [-0.25, -0.2) is 8.42 Å². The van der Waals surface area contributed by atoms with Crippen LogP contribution in [0.5, 0.6) is 0 Å². The van der Waals surface area contributed by atoms with Crippen molar-refractivity contribution < 1.29 is 13.2 Å². The number of nitrogens with zero attached hydrogens (tertiary/aromatic N) is 1. The highest BCUT2D eigenvalue weighted by Crippen LogP contribution is 2.16. The van der Waals surface area contributed by atoms with Crippen molar-refractivity contribution in [3.8, 4) is 0 Å². The number of sulfone groups is 1. The molecule has 1 aromatic carbocycles. The summed E-state index contributed by atoms with van der Waals surface area (Å²) < 4.78 is 23.0. The number of piperidine rings is 1. The van der Waals surface area contributed by atoms with Gasteiger partial charge in [0.1, 0.15) is 0 Å². The number of rotatable bonds is 2. The SMILES string of the molecule is CS(=O)(=O)c1cccc(C(=O)N2CCCC(N)C2)c1.Cl. The Morgan fingerprint density at radius 2 is 2.10 bits per heavy atom. The number of carbonyl (C=O) groups excluding carboxylic acids is 1. The summed E-state index contributed by atoms with van der Waals surface area (Å²) in [5.41, 5.74) is 6.25. The standard InChI is InChI=1S/C13H18N2O3S.ClH/c1-19(17,18)12-6-2-4-10(8-12)13(16)15-7-3-5-11(14)9-15;/h2,4,6,8,11H,3,5,7,9,14H2,1H3;1H. The van der Waals surface area contributed by atoms with Gasteiger partial charge in [0.25, 0.3) is 5.91 Å². The highest BCUT2D eigenvalue weighted by atomic mass is 35.5. The van der Waals surface area contributed by atoms with Crippen LogP contribution in [0.25, 0.3) is 0 Å². The van der Waals surface area contributed by atoms with E-state index >= 15 is 0 Å². The largest absolute Gasteiger partial charge is 0.337 e. The van der Waals surface area contributed by atoms with E-state index in [0.717, 1.165) is 19.1 Å². The molecule has 1 atom stereocenters. The van der Waals surface area contributed by atoms with Crippen LogP contribution in [0.3, 0.4) is 0 Å². The van der Waals surface area contributed by atoms with Crippen LogP contribution in [-0.4, -0.2) is 44.6 Å². The van der Waals surface area contributed by atoms with Crippen LogP contribution >= 0.6 is 12.4 Å². The molecule has 1 saturated heterocycles. The van der Waals surface area contributed by atoms with Crippen LogP contribution in [-0.2, 0) is 9.84 Å². The Labute approximate surface area is 125 Å². The molecule has 0 radical (unpaired) electrons. The van der Waals surface area contributed by atoms with E-state index in [1.807, 2.05) is 0 Å². The molecule has 5 nitrogen and oxygen atoms in total. The number of hydrogen-bond donors (Lipinski definition) is 1. The van der Waals surface area contributed by atoms with Crippen molar-refractivity contribution in [2.24, 2.45) is 5.73 Å². The predicted octanol–water partition coefficient (Wildman–Crippen LogP) is 1.08. The summed E-state index contributed by atoms with van der Waals surface area (Å²) in [6, 6.07) is 6.16. The first-order chi connectivity index (χ1) is 8.88. The topological polar surface area (TPSA) is 80.5 Å². The molecule has 7 heteroatoms. The van der Waals surface area contributed by atoms with Crippen molar-refractivity contribution in [1.82, 2.24) is 4.90 Å². The maximum Gasteiger partial charge on any atom is 0.253 e. The van der Waals surface area contributed by atoms with Crippen molar-refractivity contribution >= 4 is 28.2 Å². The second-order valence-corrected chi connectivity index (χ2v) is 6.97. The van der Waals surface area contributed by atoms with Gasteiger partial charge < -0.3 is 10.6 Å². The Morgan fingerprint density at radius 3 is 2.70 bits per heavy atom. The molecule has 0 bridgehead atoms. The molecule has 0 aliphatic carbocycles. The summed E-state index contributed by atoms with van der Waals surface area (Å²) in [7, 11) is -3.30. The minimum Gasteiger partial charge on any atom is -0.337 e. The maximum atomic E-state index is 12.3. The smallest absolute Gasteiger partial charge is 0.253 e. The van der Waals surface area contributed by atoms with Gasteiger partial charge in [-0.05, 0) is 31.0 Å². The lowest BCUT2D eigenvalue weighted by Gasteiger charge is -2.30. The molecule has 1 fully saturated rings. The number of hydrogen-bond acceptors (Lipinski definition) is 4. The molecule has 1 aromatic rings. The summed E-state index contributed by atoms with van der Waals surface area (Å²) in [5.74, 6) is -0.152. The van der Waals surface area contributed by atoms with Gasteiger partial charge in [0.2, 0.25) is 0 Å². The summed E-state index contributed by atoms with van der Waals surface area (Å²) in [6.45, 7) is 1.21. The first-order valence-corrected chi connectivity index (χ1v) is 8.12. The van der Waals surface area contributed by atoms with E-state index in [-0.39, 0.29) is 29.3 Å². The number of nitrogens with two attached hydrogens (primary N) is 1. The Morgan fingerprint density at radius 1 is 1.40 bits per heavy atom. The number of halogens is 1. The molecule has 1 aliphatic heterocycles. The fraction of sp³-hybridized carbons (Fsp3) is 0.462. The molecule has 2 N–H and O–H groups in total. The van der Waals surface area contributed by atoms with Gasteiger partial charge in [-0.1, -0.05) is 6.07 Å². The van der Waals surface area contributed by atoms with Crippen molar-refractivity contribution in [3.05, 3.63) is 29.8 Å². The molecule has 1 aliphatic rings. The lowest BCUT2D eigenvalue weighted by molar-refractivity contribution is 0.0708. The zero-order chi connectivity index (χ0) is 14.0. The molecule has 0 aromatic heterocycles. The predicted molar refractivity (Wildman–Crippen MR) is 79.9 cm³/mol. The minimum atomic E-state index is -3.30. The Bertz CT molecular complexity index is 589. The van der Waals surface area contributed by atoms with E-state index in [2.05, 4.69) is 0 Å². The van der Waals surface area contributed by atoms with E-state index in [0.29, 0.717) is 18.7 Å². The van der Waals surface area contributed by atoms with Crippen molar-refractivity contribution in [3.63, 3.8) is 0 Å². The molecule has 0 spiro atoms. The summed E-state index contributed by atoms with van der Waals surface area (Å²) in [5, 5.41) is 0. The first kappa shape index (κ1) is 16.9. The molecular weight excluding hydrogens is 300 g/mol. The van der Waals surface area contributed by atoms with Crippen LogP contribution in [0.4, 0.5) is 0 Å². The van der Waals surface area contributed by atoms with Crippen LogP contribution in [0.15, 0.2) is 29.2 Å². The minimum absolute atomic E-state index is 0. The second-order valence-electron chi connectivity index (χ2n) is 4.95. The van der Waals surface area contributed by atoms with Gasteiger partial charge in [-0.15, -0.1) is 12.4 Å². The van der Waals surface area contributed by atoms with Gasteiger partial charge in [-0.3, -0.25) is 4.79 Å². The van der Waals surface area contributed by atoms with E-state index < -0.39 is 9.84 Å². The van der Waals surface area contributed by atoms with Crippen LogP contribution in [0.1, 0.15) is 23.2 Å². The maximum absolute atomic E-state index is 12.3. The highest BCUT2D eigenvalue weighted by Gasteiger charge is 2.23. The third-order valence-corrected chi connectivity index (χ3v) is 4.36. The zero-order valence-electron chi connectivity index (χ0n) is 11.3. The third kappa shape index (κ3) is 3.94. The van der Waals surface area contributed by atoms with Crippen molar-refractivity contribution in [1.29, 1.82) is 0 Å². The third-order valence-electron chi connectivity index (χ3n) is 3.25. The van der Waals surface area contributed by atoms with Crippen LogP contribution < -0.4 is 5.73 Å². The molecule has 112 valence electrons. The second kappa shape index (κ2) is 6.56. The van der Waals surface area contributed by atoms with E-state index in [9.17, 15) is 13.2 Å². The molecule has 2 rings (SSSR count). The molecule has 0 saturated carbocycles. The number of carbonyl (C=O) groups is 1. The molecule has 1 heterocycles. The van der Waals surface area contributed by atoms with Crippen LogP contribution in [0, 0.1) is 0 Å². The zero-order valence-corrected chi connectivity index (χ0v) is 12.9. The molecule has 1 amide bonds. The quantitative estimate of drug-likeness (QED) is 0.884. The Hall–Kier alpha value is -1.11. The average molecular weight is 319 g/mol. The van der Waals surface area contributed by atoms with Gasteiger partial charge >= 0.3 is 0 Å². The normalized spacial score (nSPS) is 19.3. The van der Waals surface area contributed by atoms with Crippen molar-refractivity contribution in [2.75, 3.05) is 19.3 Å². The monoisotopic (exact) mass is 318 g/mol. The molecular formula is C13H19ClN2O3S. The van der Waals surface area contributed by atoms with Gasteiger partial charge in [-0.2, -0.15) is 0 Å². The van der Waals surface area contributed by atoms with E-state index in [1.54, 1.807) is 17.0 Å². The van der Waals surface area contributed by atoms with Gasteiger partial charge in [0, 0.05) is 31.0 Å².